The van der Waals surface area contributed by atoms with Gasteiger partial charge in [0, 0.05) is 30.3 Å². The van der Waals surface area contributed by atoms with Gasteiger partial charge in [-0.15, -0.1) is 0 Å². The van der Waals surface area contributed by atoms with Crippen molar-refractivity contribution in [3.63, 3.8) is 0 Å². The molecule has 7 nitrogen and oxygen atoms in total. The van der Waals surface area contributed by atoms with Crippen LogP contribution >= 0.6 is 0 Å². The smallest absolute Gasteiger partial charge is 0.347 e. The molecule has 2 aliphatic carbocycles. The van der Waals surface area contributed by atoms with E-state index in [9.17, 15) is 40.0 Å². The number of nitrogens with zero attached hydrogens (tertiary/aromatic N) is 2. The minimum atomic E-state index is -5.08. The van der Waals surface area contributed by atoms with E-state index in [1.165, 1.54) is 17.2 Å². The van der Waals surface area contributed by atoms with E-state index in [2.05, 4.69) is 10.3 Å². The average Bonchev–Trinajstić information content (AvgIpc) is 3.74. The van der Waals surface area contributed by atoms with Crippen molar-refractivity contribution in [2.75, 3.05) is 6.26 Å². The zero-order chi connectivity index (χ0) is 27.7. The van der Waals surface area contributed by atoms with Gasteiger partial charge in [-0.05, 0) is 55.2 Å². The number of likely N-dealkylation sites (tertiary alicyclic amines) is 1. The molecule has 38 heavy (non-hydrogen) atoms. The van der Waals surface area contributed by atoms with Crippen LogP contribution < -0.4 is 5.32 Å². The molecule has 1 aromatic carbocycles. The molecule has 13 heteroatoms. The fourth-order valence-electron chi connectivity index (χ4n) is 5.46. The maximum absolute atomic E-state index is 14.8. The number of piperidine rings is 1. The summed E-state index contributed by atoms with van der Waals surface area (Å²) >= 11 is 0. The van der Waals surface area contributed by atoms with Gasteiger partial charge < -0.3 is 10.2 Å². The monoisotopic (exact) mass is 557 g/mol. The minimum absolute atomic E-state index is 0.0138. The van der Waals surface area contributed by atoms with Gasteiger partial charge in [0.2, 0.25) is 5.91 Å². The highest BCUT2D eigenvalue weighted by molar-refractivity contribution is 7.90. The minimum Gasteiger partial charge on any atom is -0.347 e. The van der Waals surface area contributed by atoms with Crippen LogP contribution in [0.3, 0.4) is 0 Å². The van der Waals surface area contributed by atoms with Gasteiger partial charge in [0.1, 0.15) is 17.7 Å². The van der Waals surface area contributed by atoms with Crippen molar-refractivity contribution in [3.05, 3.63) is 58.9 Å². The van der Waals surface area contributed by atoms with Crippen LogP contribution in [-0.4, -0.2) is 48.5 Å². The Balaban J connectivity index is 1.42. The highest BCUT2D eigenvalue weighted by atomic mass is 32.2. The molecular weight excluding hydrogens is 533 g/mol. The Morgan fingerprint density at radius 1 is 1.11 bits per heavy atom. The summed E-state index contributed by atoms with van der Waals surface area (Å²) < 4.78 is 92.0. The number of rotatable bonds is 6. The fourth-order valence-corrected chi connectivity index (χ4v) is 6.05. The number of alkyl halides is 3. The molecular formula is C25H24F5N3O4S. The number of carbonyl (C=O) groups excluding carboxylic acids is 2. The molecule has 3 fully saturated rings. The van der Waals surface area contributed by atoms with Crippen LogP contribution in [-0.2, 0) is 20.8 Å². The maximum Gasteiger partial charge on any atom is 0.419 e. The quantitative estimate of drug-likeness (QED) is 0.544. The first-order chi connectivity index (χ1) is 17.7. The third-order valence-corrected chi connectivity index (χ3v) is 8.79. The van der Waals surface area contributed by atoms with Crippen LogP contribution in [0.4, 0.5) is 22.0 Å². The Labute approximate surface area is 215 Å². The molecule has 3 aliphatic rings. The van der Waals surface area contributed by atoms with E-state index in [-0.39, 0.29) is 45.9 Å². The van der Waals surface area contributed by atoms with E-state index in [1.54, 1.807) is 0 Å². The lowest BCUT2D eigenvalue weighted by Crippen LogP contribution is -2.49. The number of benzene rings is 1. The second-order valence-corrected chi connectivity index (χ2v) is 12.3. The lowest BCUT2D eigenvalue weighted by atomic mass is 9.98. The molecule has 0 spiro atoms. The van der Waals surface area contributed by atoms with Gasteiger partial charge in [0.05, 0.1) is 22.1 Å². The summed E-state index contributed by atoms with van der Waals surface area (Å²) in [5, 5.41) is 2.66. The van der Waals surface area contributed by atoms with Crippen LogP contribution in [0.15, 0.2) is 35.5 Å². The fraction of sp³-hybridized carbons (Fsp3) is 0.480. The van der Waals surface area contributed by atoms with E-state index >= 15 is 0 Å². The standard InChI is InChI=1S/C25H24F5N3O4S/c1-11-15-7-20(33(22(11)15)24(35)13-5-14(10-31-9-13)38(2,36)37)23(34)32-21(12-3-4-12)16-6-19(27)17(8-18(16)26)25(28,29)30/h5-6,8-12,15,20-22H,3-4,7H2,1-2H3,(H,32,34)/t11-,15+,20+,21+,22-/m0/s1. The van der Waals surface area contributed by atoms with Crippen LogP contribution in [0, 0.1) is 29.4 Å². The Morgan fingerprint density at radius 3 is 2.39 bits per heavy atom. The molecule has 0 unspecified atom stereocenters. The molecule has 2 aromatic rings. The number of nitrogens with one attached hydrogen (secondary N) is 1. The molecule has 5 atom stereocenters. The Kier molecular flexibility index (Phi) is 6.27. The number of fused-ring (bicyclic) bond motifs is 1. The van der Waals surface area contributed by atoms with Crippen LogP contribution in [0.5, 0.6) is 0 Å². The van der Waals surface area contributed by atoms with Crippen molar-refractivity contribution in [2.45, 2.75) is 55.4 Å². The molecule has 2 heterocycles. The molecule has 1 saturated heterocycles. The average molecular weight is 558 g/mol. The van der Waals surface area contributed by atoms with Gasteiger partial charge >= 0.3 is 6.18 Å². The van der Waals surface area contributed by atoms with E-state index in [0.29, 0.717) is 25.3 Å². The van der Waals surface area contributed by atoms with Gasteiger partial charge in [-0.2, -0.15) is 13.2 Å². The third kappa shape index (κ3) is 4.76. The van der Waals surface area contributed by atoms with Crippen molar-refractivity contribution in [2.24, 2.45) is 17.8 Å². The van der Waals surface area contributed by atoms with Crippen molar-refractivity contribution in [1.82, 2.24) is 15.2 Å². The first kappa shape index (κ1) is 26.5. The number of halogens is 5. The number of carbonyl (C=O) groups is 2. The van der Waals surface area contributed by atoms with Crippen molar-refractivity contribution >= 4 is 21.7 Å². The second-order valence-electron chi connectivity index (χ2n) is 10.3. The summed E-state index contributed by atoms with van der Waals surface area (Å²) in [7, 11) is -3.64. The van der Waals surface area contributed by atoms with E-state index in [0.717, 1.165) is 12.5 Å². The molecule has 2 amide bonds. The van der Waals surface area contributed by atoms with Gasteiger partial charge in [-0.3, -0.25) is 14.6 Å². The predicted octanol–water partition coefficient (Wildman–Crippen LogP) is 3.90. The van der Waals surface area contributed by atoms with Crippen molar-refractivity contribution in [3.8, 4) is 0 Å². The highest BCUT2D eigenvalue weighted by Gasteiger charge is 2.62. The summed E-state index contributed by atoms with van der Waals surface area (Å²) in [6.45, 7) is 1.92. The molecule has 1 aromatic heterocycles. The zero-order valence-electron chi connectivity index (χ0n) is 20.3. The normalized spacial score (nSPS) is 25.6. The second kappa shape index (κ2) is 8.99. The molecule has 0 bridgehead atoms. The Hall–Kier alpha value is -3.09. The van der Waals surface area contributed by atoms with Gasteiger partial charge in [0.25, 0.3) is 5.91 Å². The zero-order valence-corrected chi connectivity index (χ0v) is 21.1. The molecule has 1 N–H and O–H groups in total. The largest absolute Gasteiger partial charge is 0.419 e. The topological polar surface area (TPSA) is 96.4 Å². The Morgan fingerprint density at radius 2 is 1.79 bits per heavy atom. The van der Waals surface area contributed by atoms with Crippen molar-refractivity contribution < 1.29 is 40.0 Å². The van der Waals surface area contributed by atoms with Crippen LogP contribution in [0.25, 0.3) is 0 Å². The number of aromatic nitrogens is 1. The third-order valence-electron chi connectivity index (χ3n) is 7.71. The number of hydrogen-bond donors (Lipinski definition) is 1. The summed E-state index contributed by atoms with van der Waals surface area (Å²) in [6.07, 6.45) is -0.346. The number of sulfone groups is 1. The molecule has 5 rings (SSSR count). The van der Waals surface area contributed by atoms with Gasteiger partial charge in [-0.1, -0.05) is 6.92 Å². The lowest BCUT2D eigenvalue weighted by Gasteiger charge is -2.30. The van der Waals surface area contributed by atoms with E-state index in [4.69, 9.17) is 0 Å². The maximum atomic E-state index is 14.8. The number of hydrogen-bond acceptors (Lipinski definition) is 5. The summed E-state index contributed by atoms with van der Waals surface area (Å²) in [5.41, 5.74) is -2.13. The van der Waals surface area contributed by atoms with Crippen LogP contribution in [0.2, 0.25) is 0 Å². The highest BCUT2D eigenvalue weighted by Crippen LogP contribution is 2.54. The Bertz CT molecular complexity index is 1430. The molecule has 2 saturated carbocycles. The van der Waals surface area contributed by atoms with E-state index < -0.39 is 57.1 Å². The molecule has 1 aliphatic heterocycles. The predicted molar refractivity (Wildman–Crippen MR) is 123 cm³/mol. The van der Waals surface area contributed by atoms with Gasteiger partial charge in [0.15, 0.2) is 9.84 Å². The lowest BCUT2D eigenvalue weighted by molar-refractivity contribution is -0.140. The summed E-state index contributed by atoms with van der Waals surface area (Å²) in [4.78, 5) is 31.9. The first-order valence-electron chi connectivity index (χ1n) is 12.0. The summed E-state index contributed by atoms with van der Waals surface area (Å²) in [5.74, 6) is -4.30. The number of pyridine rings is 1. The van der Waals surface area contributed by atoms with Crippen molar-refractivity contribution in [1.29, 1.82) is 0 Å². The summed E-state index contributed by atoms with van der Waals surface area (Å²) in [6, 6.07) is -0.551. The van der Waals surface area contributed by atoms with E-state index in [1.807, 2.05) is 6.92 Å². The SMILES string of the molecule is C[C@H]1[C@H]2C[C@H](C(=O)N[C@@H](c3cc(F)c(C(F)(F)F)cc3F)C3CC3)N(C(=O)c3cncc(S(C)(=O)=O)c3)[C@@H]12. The first-order valence-corrected chi connectivity index (χ1v) is 13.9. The molecule has 204 valence electrons. The molecule has 0 radical (unpaired) electrons. The van der Waals surface area contributed by atoms with Crippen LogP contribution in [0.1, 0.15) is 53.7 Å². The number of amides is 2. The van der Waals surface area contributed by atoms with Gasteiger partial charge in [-0.25, -0.2) is 17.2 Å².